The van der Waals surface area contributed by atoms with E-state index in [2.05, 4.69) is 16.4 Å². The molecule has 3 rings (SSSR count). The van der Waals surface area contributed by atoms with Gasteiger partial charge in [0.2, 0.25) is 5.91 Å². The summed E-state index contributed by atoms with van der Waals surface area (Å²) >= 11 is 0. The Morgan fingerprint density at radius 1 is 1.42 bits per heavy atom. The second-order valence-corrected chi connectivity index (χ2v) is 5.59. The van der Waals surface area contributed by atoms with E-state index in [0.29, 0.717) is 23.9 Å². The fourth-order valence-electron chi connectivity index (χ4n) is 2.91. The second kappa shape index (κ2) is 6.54. The summed E-state index contributed by atoms with van der Waals surface area (Å²) in [6.45, 7) is 0.309. The summed E-state index contributed by atoms with van der Waals surface area (Å²) in [5, 5.41) is 22.0. The Hall–Kier alpha value is -3.14. The first-order valence-corrected chi connectivity index (χ1v) is 7.66. The van der Waals surface area contributed by atoms with Crippen LogP contribution in [0.1, 0.15) is 23.2 Å². The largest absolute Gasteiger partial charge is 0.505 e. The van der Waals surface area contributed by atoms with Crippen LogP contribution in [0.25, 0.3) is 10.9 Å². The van der Waals surface area contributed by atoms with Crippen molar-refractivity contribution in [2.45, 2.75) is 18.9 Å². The normalized spacial score (nSPS) is 16.8. The molecule has 2 N–H and O–H groups in total. The molecule has 122 valence electrons. The monoisotopic (exact) mass is 324 g/mol. The lowest BCUT2D eigenvalue weighted by atomic mass is 10.1. The highest BCUT2D eigenvalue weighted by atomic mass is 16.3. The van der Waals surface area contributed by atoms with E-state index in [9.17, 15) is 14.7 Å². The number of rotatable bonds is 3. The molecule has 2 heterocycles. The zero-order valence-corrected chi connectivity index (χ0v) is 12.9. The van der Waals surface area contributed by atoms with Gasteiger partial charge in [0.1, 0.15) is 11.8 Å². The molecule has 1 aliphatic heterocycles. The van der Waals surface area contributed by atoms with Gasteiger partial charge in [0.15, 0.2) is 0 Å². The molecule has 1 fully saturated rings. The van der Waals surface area contributed by atoms with Gasteiger partial charge in [0, 0.05) is 11.9 Å². The van der Waals surface area contributed by atoms with Gasteiger partial charge in [-0.05, 0) is 18.9 Å². The molecular formula is C17H16N4O3. The number of carbonyl (C=O) groups excluding carboxylic acids is 2. The molecule has 24 heavy (non-hydrogen) atoms. The summed E-state index contributed by atoms with van der Waals surface area (Å²) in [6, 6.07) is 8.61. The molecule has 1 atom stereocenters. The topological polar surface area (TPSA) is 106 Å². The van der Waals surface area contributed by atoms with Gasteiger partial charge in [-0.1, -0.05) is 18.2 Å². The number of likely N-dealkylation sites (tertiary alicyclic amines) is 1. The Morgan fingerprint density at radius 3 is 3.00 bits per heavy atom. The number of carbonyl (C=O) groups is 2. The van der Waals surface area contributed by atoms with Crippen LogP contribution in [0, 0.1) is 11.3 Å². The number of pyridine rings is 1. The lowest BCUT2D eigenvalue weighted by Crippen LogP contribution is -2.42. The summed E-state index contributed by atoms with van der Waals surface area (Å²) in [7, 11) is 0. The number of nitrogens with one attached hydrogen (secondary N) is 1. The van der Waals surface area contributed by atoms with Gasteiger partial charge in [-0.15, -0.1) is 0 Å². The highest BCUT2D eigenvalue weighted by Crippen LogP contribution is 2.24. The number of para-hydroxylation sites is 1. The Bertz CT molecular complexity index is 843. The predicted octanol–water partition coefficient (Wildman–Crippen LogP) is 1.18. The summed E-state index contributed by atoms with van der Waals surface area (Å²) in [5.74, 6) is -1.09. The highest BCUT2D eigenvalue weighted by Gasteiger charge is 2.28. The molecule has 0 spiro atoms. The maximum Gasteiger partial charge on any atom is 0.256 e. The third kappa shape index (κ3) is 2.86. The number of benzene rings is 1. The van der Waals surface area contributed by atoms with Crippen molar-refractivity contribution in [3.63, 3.8) is 0 Å². The zero-order chi connectivity index (χ0) is 17.1. The summed E-state index contributed by atoms with van der Waals surface area (Å²) < 4.78 is 0. The minimum Gasteiger partial charge on any atom is -0.505 e. The summed E-state index contributed by atoms with van der Waals surface area (Å²) in [4.78, 5) is 30.1. The molecule has 0 bridgehead atoms. The van der Waals surface area contributed by atoms with E-state index in [1.807, 2.05) is 0 Å². The SMILES string of the molecule is N#C[C@H]1CCCN1C(=O)CNC(=O)c1c(O)cnc2ccccc12. The van der Waals surface area contributed by atoms with Gasteiger partial charge < -0.3 is 15.3 Å². The van der Waals surface area contributed by atoms with Crippen molar-refractivity contribution in [3.8, 4) is 11.8 Å². The number of hydrogen-bond donors (Lipinski definition) is 2. The Morgan fingerprint density at radius 2 is 2.21 bits per heavy atom. The third-order valence-corrected chi connectivity index (χ3v) is 4.10. The average molecular weight is 324 g/mol. The number of nitriles is 1. The van der Waals surface area contributed by atoms with Crippen LogP contribution in [0.5, 0.6) is 5.75 Å². The summed E-state index contributed by atoms with van der Waals surface area (Å²) in [5.41, 5.74) is 0.669. The van der Waals surface area contributed by atoms with Crippen LogP contribution in [0.15, 0.2) is 30.5 Å². The lowest BCUT2D eigenvalue weighted by molar-refractivity contribution is -0.130. The summed E-state index contributed by atoms with van der Waals surface area (Å²) in [6.07, 6.45) is 2.66. The first kappa shape index (κ1) is 15.7. The van der Waals surface area contributed by atoms with E-state index < -0.39 is 11.9 Å². The van der Waals surface area contributed by atoms with Crippen LogP contribution < -0.4 is 5.32 Å². The molecule has 1 aromatic carbocycles. The Labute approximate surface area is 138 Å². The maximum absolute atomic E-state index is 12.4. The van der Waals surface area contributed by atoms with Crippen LogP contribution in [0.2, 0.25) is 0 Å². The molecule has 1 aliphatic rings. The molecule has 7 heteroatoms. The van der Waals surface area contributed by atoms with Crippen molar-refractivity contribution in [1.29, 1.82) is 5.26 Å². The predicted molar refractivity (Wildman–Crippen MR) is 86.1 cm³/mol. The molecule has 2 aromatic rings. The number of aromatic hydroxyl groups is 1. The zero-order valence-electron chi connectivity index (χ0n) is 12.9. The van der Waals surface area contributed by atoms with Gasteiger partial charge in [-0.2, -0.15) is 5.26 Å². The van der Waals surface area contributed by atoms with E-state index in [4.69, 9.17) is 5.26 Å². The molecule has 0 unspecified atom stereocenters. The van der Waals surface area contributed by atoms with E-state index in [-0.39, 0.29) is 23.8 Å². The van der Waals surface area contributed by atoms with Crippen LogP contribution in [-0.2, 0) is 4.79 Å². The lowest BCUT2D eigenvalue weighted by Gasteiger charge is -2.19. The van der Waals surface area contributed by atoms with E-state index in [0.717, 1.165) is 6.42 Å². The number of aromatic nitrogens is 1. The second-order valence-electron chi connectivity index (χ2n) is 5.59. The van der Waals surface area contributed by atoms with Gasteiger partial charge in [-0.3, -0.25) is 14.6 Å². The van der Waals surface area contributed by atoms with E-state index in [1.165, 1.54) is 11.1 Å². The van der Waals surface area contributed by atoms with Crippen molar-refractivity contribution in [2.75, 3.05) is 13.1 Å². The first-order valence-electron chi connectivity index (χ1n) is 7.66. The number of hydrogen-bond acceptors (Lipinski definition) is 5. The molecule has 0 aliphatic carbocycles. The molecular weight excluding hydrogens is 308 g/mol. The van der Waals surface area contributed by atoms with Gasteiger partial charge >= 0.3 is 0 Å². The minimum absolute atomic E-state index is 0.0895. The fraction of sp³-hybridized carbons (Fsp3) is 0.294. The van der Waals surface area contributed by atoms with Gasteiger partial charge in [0.25, 0.3) is 5.91 Å². The fourth-order valence-corrected chi connectivity index (χ4v) is 2.91. The maximum atomic E-state index is 12.4. The third-order valence-electron chi connectivity index (χ3n) is 4.10. The van der Waals surface area contributed by atoms with Crippen LogP contribution in [0.4, 0.5) is 0 Å². The van der Waals surface area contributed by atoms with Crippen molar-refractivity contribution in [2.24, 2.45) is 0 Å². The van der Waals surface area contributed by atoms with E-state index >= 15 is 0 Å². The van der Waals surface area contributed by atoms with Crippen molar-refractivity contribution in [1.82, 2.24) is 15.2 Å². The first-order chi connectivity index (χ1) is 11.6. The molecule has 0 saturated carbocycles. The standard InChI is InChI=1S/C17H16N4O3/c18-8-11-4-3-7-21(11)15(23)10-20-17(24)16-12-5-1-2-6-13(12)19-9-14(16)22/h1-2,5-6,9,11,22H,3-4,7,10H2,(H,20,24)/t11-/m1/s1. The molecule has 1 aromatic heterocycles. The number of nitrogens with zero attached hydrogens (tertiary/aromatic N) is 3. The highest BCUT2D eigenvalue weighted by molar-refractivity contribution is 6.09. The van der Waals surface area contributed by atoms with Crippen molar-refractivity contribution >= 4 is 22.7 Å². The van der Waals surface area contributed by atoms with Crippen LogP contribution >= 0.6 is 0 Å². The van der Waals surface area contributed by atoms with Crippen molar-refractivity contribution in [3.05, 3.63) is 36.0 Å². The molecule has 1 saturated heterocycles. The van der Waals surface area contributed by atoms with Gasteiger partial charge in [0.05, 0.1) is 29.9 Å². The number of fused-ring (bicyclic) bond motifs is 1. The number of amides is 2. The van der Waals surface area contributed by atoms with Crippen LogP contribution in [0.3, 0.4) is 0 Å². The quantitative estimate of drug-likeness (QED) is 0.882. The Kier molecular flexibility index (Phi) is 4.29. The molecule has 2 amide bonds. The van der Waals surface area contributed by atoms with Gasteiger partial charge in [-0.25, -0.2) is 0 Å². The van der Waals surface area contributed by atoms with Crippen molar-refractivity contribution < 1.29 is 14.7 Å². The van der Waals surface area contributed by atoms with Crippen LogP contribution in [-0.4, -0.2) is 45.9 Å². The van der Waals surface area contributed by atoms with E-state index in [1.54, 1.807) is 24.3 Å². The average Bonchev–Trinajstić information content (AvgIpc) is 3.08. The smallest absolute Gasteiger partial charge is 0.256 e. The molecule has 0 radical (unpaired) electrons. The molecule has 7 nitrogen and oxygen atoms in total. The Balaban J connectivity index is 1.75. The minimum atomic E-state index is -0.549.